The van der Waals surface area contributed by atoms with E-state index < -0.39 is 0 Å². The fraction of sp³-hybridized carbons (Fsp3) is 0.320. The summed E-state index contributed by atoms with van der Waals surface area (Å²) in [6.45, 7) is 3.96. The molecule has 0 aliphatic carbocycles. The number of fused-ring (bicyclic) bond motifs is 1. The predicted octanol–water partition coefficient (Wildman–Crippen LogP) is 3.71. The fourth-order valence-electron chi connectivity index (χ4n) is 3.53. The van der Waals surface area contributed by atoms with Crippen LogP contribution < -0.4 is 10.2 Å². The molecular weight excluding hydrogens is 360 g/mol. The van der Waals surface area contributed by atoms with Gasteiger partial charge in [0.1, 0.15) is 0 Å². The molecule has 1 aliphatic rings. The van der Waals surface area contributed by atoms with E-state index in [0.29, 0.717) is 5.56 Å². The molecule has 2 N–H and O–H groups in total. The van der Waals surface area contributed by atoms with Crippen molar-refractivity contribution in [2.75, 3.05) is 32.6 Å². The Hall–Kier alpha value is -2.69. The highest BCUT2D eigenvalue weighted by atomic mass is 16.5. The van der Waals surface area contributed by atoms with E-state index in [9.17, 15) is 4.79 Å². The number of carbonyl (C=O) groups excluding carboxylic acids is 1. The monoisotopic (exact) mass is 391 g/mol. The molecule has 152 valence electrons. The Bertz CT molecular complexity index is 924. The topological polar surface area (TPSA) is 42.8 Å². The van der Waals surface area contributed by atoms with Crippen LogP contribution in [0.3, 0.4) is 0 Å². The molecule has 3 aromatic carbocycles. The van der Waals surface area contributed by atoms with Crippen LogP contribution in [0.4, 0.5) is 5.69 Å². The minimum Gasteiger partial charge on any atom is -0.381 e. The zero-order valence-corrected chi connectivity index (χ0v) is 17.6. The molecule has 0 radical (unpaired) electrons. The van der Waals surface area contributed by atoms with Crippen molar-refractivity contribution in [2.24, 2.45) is 0 Å². The van der Waals surface area contributed by atoms with Crippen LogP contribution in [0.15, 0.2) is 66.7 Å². The average Bonchev–Trinajstić information content (AvgIpc) is 2.76. The van der Waals surface area contributed by atoms with Gasteiger partial charge in [0.15, 0.2) is 0 Å². The van der Waals surface area contributed by atoms with Gasteiger partial charge in [0.25, 0.3) is 5.91 Å². The van der Waals surface area contributed by atoms with E-state index in [1.54, 1.807) is 4.90 Å². The van der Waals surface area contributed by atoms with Crippen molar-refractivity contribution >= 4 is 22.4 Å². The smallest absolute Gasteiger partial charge is 0.256 e. The van der Waals surface area contributed by atoms with Gasteiger partial charge in [-0.1, -0.05) is 54.1 Å². The highest BCUT2D eigenvalue weighted by Crippen LogP contribution is 2.20. The van der Waals surface area contributed by atoms with Gasteiger partial charge in [0.2, 0.25) is 0 Å². The lowest BCUT2D eigenvalue weighted by molar-refractivity contribution is -0.887. The van der Waals surface area contributed by atoms with Gasteiger partial charge in [0.05, 0.1) is 33.4 Å². The maximum atomic E-state index is 12.4. The standard InChI is InChI=1S/C18H15NO.C7H15NO/c1-13-9-11-15(12-10-13)19-18(20)17-8-4-6-14-5-2-3-7-16(14)17;1-8(2)7-3-5-9-6-4-7/h2-12H,1H3,(H,19,20);7H,3-6H2,1-2H3/p+1. The van der Waals surface area contributed by atoms with Crippen molar-refractivity contribution in [2.45, 2.75) is 25.8 Å². The van der Waals surface area contributed by atoms with E-state index in [-0.39, 0.29) is 5.91 Å². The third-order valence-corrected chi connectivity index (χ3v) is 5.38. The van der Waals surface area contributed by atoms with Gasteiger partial charge >= 0.3 is 0 Å². The highest BCUT2D eigenvalue weighted by Gasteiger charge is 2.17. The van der Waals surface area contributed by atoms with E-state index >= 15 is 0 Å². The number of anilines is 1. The first-order valence-corrected chi connectivity index (χ1v) is 10.3. The number of amides is 1. The number of aryl methyl sites for hydroxylation is 1. The summed E-state index contributed by atoms with van der Waals surface area (Å²) in [5, 5.41) is 4.98. The van der Waals surface area contributed by atoms with E-state index in [2.05, 4.69) is 19.4 Å². The quantitative estimate of drug-likeness (QED) is 0.715. The first-order chi connectivity index (χ1) is 14.0. The molecule has 0 spiro atoms. The van der Waals surface area contributed by atoms with Crippen LogP contribution in [0.2, 0.25) is 0 Å². The number of rotatable bonds is 3. The molecule has 1 heterocycles. The number of carbonyl (C=O) groups is 1. The Morgan fingerprint density at radius 3 is 2.24 bits per heavy atom. The Labute approximate surface area is 173 Å². The number of benzene rings is 3. The molecule has 1 aliphatic heterocycles. The molecule has 4 nitrogen and oxygen atoms in total. The van der Waals surface area contributed by atoms with Crippen LogP contribution in [0, 0.1) is 6.92 Å². The molecule has 4 rings (SSSR count). The van der Waals surface area contributed by atoms with Crippen molar-refractivity contribution in [3.8, 4) is 0 Å². The Balaban J connectivity index is 0.000000224. The lowest BCUT2D eigenvalue weighted by atomic mass is 10.0. The maximum Gasteiger partial charge on any atom is 0.256 e. The van der Waals surface area contributed by atoms with Crippen LogP contribution >= 0.6 is 0 Å². The van der Waals surface area contributed by atoms with Crippen molar-refractivity contribution < 1.29 is 14.4 Å². The molecular formula is C25H31N2O2+. The highest BCUT2D eigenvalue weighted by molar-refractivity contribution is 6.12. The summed E-state index contributed by atoms with van der Waals surface area (Å²) < 4.78 is 5.24. The van der Waals surface area contributed by atoms with Gasteiger partial charge in [-0.05, 0) is 35.9 Å². The van der Waals surface area contributed by atoms with Gasteiger partial charge < -0.3 is 15.0 Å². The molecule has 0 bridgehead atoms. The molecule has 0 saturated carbocycles. The van der Waals surface area contributed by atoms with Gasteiger partial charge in [-0.15, -0.1) is 0 Å². The third kappa shape index (κ3) is 5.89. The zero-order chi connectivity index (χ0) is 20.6. The van der Waals surface area contributed by atoms with Crippen molar-refractivity contribution in [1.29, 1.82) is 0 Å². The number of ether oxygens (including phenoxy) is 1. The number of quaternary nitrogens is 1. The molecule has 4 heteroatoms. The van der Waals surface area contributed by atoms with E-state index in [1.165, 1.54) is 18.4 Å². The lowest BCUT2D eigenvalue weighted by Gasteiger charge is -2.24. The Kier molecular flexibility index (Phi) is 7.39. The lowest BCUT2D eigenvalue weighted by Crippen LogP contribution is -3.10. The molecule has 3 aromatic rings. The van der Waals surface area contributed by atoms with Crippen LogP contribution in [0.25, 0.3) is 10.8 Å². The fourth-order valence-corrected chi connectivity index (χ4v) is 3.53. The summed E-state index contributed by atoms with van der Waals surface area (Å²) in [6.07, 6.45) is 2.48. The largest absolute Gasteiger partial charge is 0.381 e. The van der Waals surface area contributed by atoms with Gasteiger partial charge in [0, 0.05) is 24.1 Å². The number of hydrogen-bond donors (Lipinski definition) is 2. The molecule has 1 saturated heterocycles. The normalized spacial score (nSPS) is 14.3. The Morgan fingerprint density at radius 2 is 1.59 bits per heavy atom. The summed E-state index contributed by atoms with van der Waals surface area (Å²) in [4.78, 5) is 14.0. The van der Waals surface area contributed by atoms with Gasteiger partial charge in [-0.3, -0.25) is 4.79 Å². The summed E-state index contributed by atoms with van der Waals surface area (Å²) >= 11 is 0. The SMILES string of the molecule is C[NH+](C)C1CCOCC1.Cc1ccc(NC(=O)c2cccc3ccccc23)cc1. The second kappa shape index (κ2) is 10.2. The molecule has 0 unspecified atom stereocenters. The zero-order valence-electron chi connectivity index (χ0n) is 17.6. The summed E-state index contributed by atoms with van der Waals surface area (Å²) in [6, 6.07) is 22.3. The minimum absolute atomic E-state index is 0.0781. The molecule has 0 atom stereocenters. The van der Waals surface area contributed by atoms with E-state index in [1.807, 2.05) is 73.7 Å². The number of nitrogens with one attached hydrogen (secondary N) is 2. The summed E-state index contributed by atoms with van der Waals surface area (Å²) in [7, 11) is 4.44. The first kappa shape index (κ1) is 21.0. The predicted molar refractivity (Wildman–Crippen MR) is 120 cm³/mol. The van der Waals surface area contributed by atoms with E-state index in [0.717, 1.165) is 35.7 Å². The average molecular weight is 392 g/mol. The van der Waals surface area contributed by atoms with E-state index in [4.69, 9.17) is 4.74 Å². The van der Waals surface area contributed by atoms with Crippen molar-refractivity contribution in [1.82, 2.24) is 0 Å². The molecule has 1 fully saturated rings. The Morgan fingerprint density at radius 1 is 0.931 bits per heavy atom. The maximum absolute atomic E-state index is 12.4. The van der Waals surface area contributed by atoms with Gasteiger partial charge in [-0.2, -0.15) is 0 Å². The van der Waals surface area contributed by atoms with Crippen LogP contribution in [0.5, 0.6) is 0 Å². The van der Waals surface area contributed by atoms with Gasteiger partial charge in [-0.25, -0.2) is 0 Å². The van der Waals surface area contributed by atoms with Crippen molar-refractivity contribution in [3.05, 3.63) is 77.9 Å². The summed E-state index contributed by atoms with van der Waals surface area (Å²) in [5.41, 5.74) is 2.69. The van der Waals surface area contributed by atoms with Crippen molar-refractivity contribution in [3.63, 3.8) is 0 Å². The molecule has 29 heavy (non-hydrogen) atoms. The second-order valence-corrected chi connectivity index (χ2v) is 7.81. The third-order valence-electron chi connectivity index (χ3n) is 5.38. The van der Waals surface area contributed by atoms with Crippen LogP contribution in [-0.2, 0) is 4.74 Å². The first-order valence-electron chi connectivity index (χ1n) is 10.3. The minimum atomic E-state index is -0.0781. The number of hydrogen-bond acceptors (Lipinski definition) is 2. The second-order valence-electron chi connectivity index (χ2n) is 7.81. The molecule has 0 aromatic heterocycles. The van der Waals surface area contributed by atoms with Crippen LogP contribution in [0.1, 0.15) is 28.8 Å². The van der Waals surface area contributed by atoms with Crippen LogP contribution in [-0.4, -0.2) is 39.3 Å². The summed E-state index contributed by atoms with van der Waals surface area (Å²) in [5.74, 6) is -0.0781. The molecule has 1 amide bonds.